The summed E-state index contributed by atoms with van der Waals surface area (Å²) < 4.78 is 1.93. The number of benzene rings is 1. The first kappa shape index (κ1) is 27.8. The molecular formula is C27H34N6O3S2. The van der Waals surface area contributed by atoms with Crippen molar-refractivity contribution in [2.45, 2.75) is 71.1 Å². The van der Waals surface area contributed by atoms with Crippen LogP contribution in [0, 0.1) is 12.8 Å². The summed E-state index contributed by atoms with van der Waals surface area (Å²) in [5.41, 5.74) is 8.70. The summed E-state index contributed by atoms with van der Waals surface area (Å²) >= 11 is 2.72. The van der Waals surface area contributed by atoms with Crippen LogP contribution in [0.1, 0.15) is 82.2 Å². The van der Waals surface area contributed by atoms with Gasteiger partial charge in [-0.2, -0.15) is 0 Å². The van der Waals surface area contributed by atoms with Crippen molar-refractivity contribution in [1.29, 1.82) is 0 Å². The molecule has 0 fully saturated rings. The molecule has 0 unspecified atom stereocenters. The fourth-order valence-electron chi connectivity index (χ4n) is 4.68. The van der Waals surface area contributed by atoms with Crippen LogP contribution < -0.4 is 16.4 Å². The molecule has 0 bridgehead atoms. The van der Waals surface area contributed by atoms with Gasteiger partial charge in [-0.05, 0) is 63.1 Å². The van der Waals surface area contributed by atoms with E-state index in [2.05, 4.69) is 20.8 Å². The summed E-state index contributed by atoms with van der Waals surface area (Å²) in [6.45, 7) is 8.55. The molecule has 1 aliphatic carbocycles. The zero-order valence-electron chi connectivity index (χ0n) is 22.2. The lowest BCUT2D eigenvalue weighted by Gasteiger charge is -2.22. The van der Waals surface area contributed by atoms with Crippen LogP contribution in [0.5, 0.6) is 0 Å². The standard InChI is InChI=1S/C27H34N6O3S2/c1-5-33-24(22(15(2)3)30-25(36)17-10-8-9-16(4)13-17)31-32-27(33)37-14-20(34)29-26-21(23(28)35)18-11-6-7-12-19(18)38-26/h8-10,13,15,22H,5-7,11-12,14H2,1-4H3,(H2,28,35)(H,29,34)(H,30,36)/t22-/m1/s1. The summed E-state index contributed by atoms with van der Waals surface area (Å²) in [5, 5.41) is 15.9. The molecule has 1 aromatic carbocycles. The molecule has 1 aliphatic rings. The van der Waals surface area contributed by atoms with Gasteiger partial charge in [-0.25, -0.2) is 0 Å². The highest BCUT2D eigenvalue weighted by Gasteiger charge is 2.27. The Labute approximate surface area is 231 Å². The van der Waals surface area contributed by atoms with Crippen molar-refractivity contribution in [1.82, 2.24) is 20.1 Å². The minimum atomic E-state index is -0.504. The molecule has 0 spiro atoms. The SMILES string of the molecule is CCn1c(SCC(=O)Nc2sc3c(c2C(N)=O)CCCC3)nnc1[C@H](NC(=O)c1cccc(C)c1)C(C)C. The molecular weight excluding hydrogens is 520 g/mol. The van der Waals surface area contributed by atoms with E-state index in [1.165, 1.54) is 23.1 Å². The Morgan fingerprint density at radius 3 is 2.63 bits per heavy atom. The van der Waals surface area contributed by atoms with E-state index in [0.717, 1.165) is 41.7 Å². The summed E-state index contributed by atoms with van der Waals surface area (Å²) in [5.74, 6) is -0.104. The van der Waals surface area contributed by atoms with Crippen LogP contribution in [0.4, 0.5) is 5.00 Å². The summed E-state index contributed by atoms with van der Waals surface area (Å²) in [6.07, 6.45) is 3.82. The molecule has 202 valence electrons. The van der Waals surface area contributed by atoms with Crippen molar-refractivity contribution in [2.75, 3.05) is 11.1 Å². The maximum absolute atomic E-state index is 13.0. The Morgan fingerprint density at radius 1 is 1.18 bits per heavy atom. The maximum Gasteiger partial charge on any atom is 0.251 e. The molecule has 0 saturated carbocycles. The first-order valence-electron chi connectivity index (χ1n) is 12.9. The van der Waals surface area contributed by atoms with Gasteiger partial charge in [0.15, 0.2) is 11.0 Å². The highest BCUT2D eigenvalue weighted by molar-refractivity contribution is 7.99. The predicted molar refractivity (Wildman–Crippen MR) is 151 cm³/mol. The third kappa shape index (κ3) is 6.10. The first-order chi connectivity index (χ1) is 18.2. The van der Waals surface area contributed by atoms with Gasteiger partial charge in [0.1, 0.15) is 5.00 Å². The van der Waals surface area contributed by atoms with Gasteiger partial charge >= 0.3 is 0 Å². The number of nitrogens with two attached hydrogens (primary N) is 1. The van der Waals surface area contributed by atoms with E-state index in [1.807, 2.05) is 50.5 Å². The molecule has 2 heterocycles. The Hall–Kier alpha value is -3.18. The number of fused-ring (bicyclic) bond motifs is 1. The molecule has 38 heavy (non-hydrogen) atoms. The van der Waals surface area contributed by atoms with Gasteiger partial charge in [0.25, 0.3) is 11.8 Å². The third-order valence-electron chi connectivity index (χ3n) is 6.58. The molecule has 0 saturated heterocycles. The van der Waals surface area contributed by atoms with E-state index in [0.29, 0.717) is 33.7 Å². The number of anilines is 1. The van der Waals surface area contributed by atoms with E-state index in [1.54, 1.807) is 6.07 Å². The van der Waals surface area contributed by atoms with Crippen molar-refractivity contribution in [3.8, 4) is 0 Å². The number of hydrogen-bond acceptors (Lipinski definition) is 7. The molecule has 1 atom stereocenters. The van der Waals surface area contributed by atoms with Gasteiger partial charge in [0.05, 0.1) is 17.4 Å². The zero-order valence-corrected chi connectivity index (χ0v) is 23.8. The highest BCUT2D eigenvalue weighted by atomic mass is 32.2. The molecule has 9 nitrogen and oxygen atoms in total. The van der Waals surface area contributed by atoms with E-state index in [-0.39, 0.29) is 29.5 Å². The largest absolute Gasteiger partial charge is 0.365 e. The van der Waals surface area contributed by atoms with Gasteiger partial charge < -0.3 is 20.9 Å². The topological polar surface area (TPSA) is 132 Å². The Kier molecular flexibility index (Phi) is 8.88. The van der Waals surface area contributed by atoms with Crippen LogP contribution in [-0.4, -0.2) is 38.2 Å². The molecule has 2 aromatic heterocycles. The van der Waals surface area contributed by atoms with E-state index >= 15 is 0 Å². The van der Waals surface area contributed by atoms with Crippen LogP contribution in [0.15, 0.2) is 29.4 Å². The van der Waals surface area contributed by atoms with E-state index in [4.69, 9.17) is 5.73 Å². The first-order valence-corrected chi connectivity index (χ1v) is 14.7. The zero-order chi connectivity index (χ0) is 27.4. The number of hydrogen-bond donors (Lipinski definition) is 3. The third-order valence-corrected chi connectivity index (χ3v) is 8.75. The van der Waals surface area contributed by atoms with Crippen molar-refractivity contribution >= 4 is 45.8 Å². The molecule has 3 aromatic rings. The molecule has 4 N–H and O–H groups in total. The average molecular weight is 555 g/mol. The molecule has 3 amide bonds. The van der Waals surface area contributed by atoms with Crippen LogP contribution in [-0.2, 0) is 24.2 Å². The smallest absolute Gasteiger partial charge is 0.251 e. The normalized spacial score (nSPS) is 13.7. The lowest BCUT2D eigenvalue weighted by molar-refractivity contribution is -0.113. The minimum absolute atomic E-state index is 0.0662. The number of thioether (sulfide) groups is 1. The summed E-state index contributed by atoms with van der Waals surface area (Å²) in [4.78, 5) is 39.1. The fraction of sp³-hybridized carbons (Fsp3) is 0.444. The predicted octanol–water partition coefficient (Wildman–Crippen LogP) is 4.50. The lowest BCUT2D eigenvalue weighted by Crippen LogP contribution is -2.33. The van der Waals surface area contributed by atoms with Gasteiger partial charge in [-0.1, -0.05) is 43.3 Å². The number of rotatable bonds is 10. The molecule has 0 aliphatic heterocycles. The molecule has 11 heteroatoms. The average Bonchev–Trinajstić information content (AvgIpc) is 3.46. The van der Waals surface area contributed by atoms with Crippen LogP contribution in [0.2, 0.25) is 0 Å². The van der Waals surface area contributed by atoms with Crippen molar-refractivity contribution in [2.24, 2.45) is 11.7 Å². The second-order valence-corrected chi connectivity index (χ2v) is 11.8. The lowest BCUT2D eigenvalue weighted by atomic mass is 9.95. The number of primary amides is 1. The number of aromatic nitrogens is 3. The van der Waals surface area contributed by atoms with Crippen molar-refractivity contribution < 1.29 is 14.4 Å². The molecule has 0 radical (unpaired) electrons. The van der Waals surface area contributed by atoms with Crippen molar-refractivity contribution in [3.05, 3.63) is 57.2 Å². The minimum Gasteiger partial charge on any atom is -0.365 e. The monoisotopic (exact) mass is 554 g/mol. The van der Waals surface area contributed by atoms with Gasteiger partial charge in [-0.3, -0.25) is 14.4 Å². The second kappa shape index (κ2) is 12.1. The van der Waals surface area contributed by atoms with Gasteiger partial charge in [0.2, 0.25) is 5.91 Å². The Morgan fingerprint density at radius 2 is 1.95 bits per heavy atom. The number of carbonyl (C=O) groups is 3. The highest BCUT2D eigenvalue weighted by Crippen LogP contribution is 2.38. The number of nitrogens with zero attached hydrogens (tertiary/aromatic N) is 3. The van der Waals surface area contributed by atoms with Crippen LogP contribution in [0.25, 0.3) is 0 Å². The maximum atomic E-state index is 13.0. The van der Waals surface area contributed by atoms with Crippen molar-refractivity contribution in [3.63, 3.8) is 0 Å². The Balaban J connectivity index is 1.46. The number of carbonyl (C=O) groups excluding carboxylic acids is 3. The van der Waals surface area contributed by atoms with E-state index < -0.39 is 5.91 Å². The summed E-state index contributed by atoms with van der Waals surface area (Å²) in [6, 6.07) is 7.10. The Bertz CT molecular complexity index is 1350. The fourth-order valence-corrected chi connectivity index (χ4v) is 6.80. The van der Waals surface area contributed by atoms with Crippen LogP contribution in [0.3, 0.4) is 0 Å². The second-order valence-electron chi connectivity index (χ2n) is 9.77. The summed E-state index contributed by atoms with van der Waals surface area (Å²) in [7, 11) is 0. The molecule has 4 rings (SSSR count). The number of amides is 3. The quantitative estimate of drug-likeness (QED) is 0.316. The number of aryl methyl sites for hydroxylation is 2. The van der Waals surface area contributed by atoms with Crippen LogP contribution >= 0.6 is 23.1 Å². The number of nitrogens with one attached hydrogen (secondary N) is 2. The van der Waals surface area contributed by atoms with E-state index in [9.17, 15) is 14.4 Å². The van der Waals surface area contributed by atoms with Gasteiger partial charge in [0, 0.05) is 17.0 Å². The number of thiophene rings is 1. The van der Waals surface area contributed by atoms with Gasteiger partial charge in [-0.15, -0.1) is 21.5 Å².